The molecule has 1 N–H and O–H groups in total. The van der Waals surface area contributed by atoms with Crippen LogP contribution in [-0.2, 0) is 4.79 Å². The number of carbonyl (C=O) groups is 2. The fourth-order valence-electron chi connectivity index (χ4n) is 5.19. The van der Waals surface area contributed by atoms with Crippen molar-refractivity contribution in [2.75, 3.05) is 33.3 Å². The fraction of sp³-hybridized carbons (Fsp3) is 0.500. The number of nitrogens with zero attached hydrogens (tertiary/aromatic N) is 2. The Morgan fingerprint density at radius 3 is 2.03 bits per heavy atom. The largest absolute Gasteiger partial charge is 0.573 e. The molecule has 2 aromatic rings. The van der Waals surface area contributed by atoms with Crippen molar-refractivity contribution in [2.24, 2.45) is 0 Å². The van der Waals surface area contributed by atoms with E-state index in [1.165, 1.54) is 12.1 Å². The van der Waals surface area contributed by atoms with E-state index in [-0.39, 0.29) is 29.5 Å². The number of alkyl halides is 3. The zero-order chi connectivity index (χ0) is 27.3. The fourth-order valence-corrected chi connectivity index (χ4v) is 5.19. The van der Waals surface area contributed by atoms with Crippen molar-refractivity contribution in [2.45, 2.75) is 57.0 Å². The molecule has 206 valence electrons. The van der Waals surface area contributed by atoms with Gasteiger partial charge in [-0.1, -0.05) is 12.1 Å². The van der Waals surface area contributed by atoms with Gasteiger partial charge in [0, 0.05) is 43.8 Å². The lowest BCUT2D eigenvalue weighted by Gasteiger charge is -2.42. The molecule has 0 saturated carbocycles. The third kappa shape index (κ3) is 7.18. The highest BCUT2D eigenvalue weighted by molar-refractivity contribution is 5.94. The molecule has 7 nitrogen and oxygen atoms in total. The highest BCUT2D eigenvalue weighted by Crippen LogP contribution is 2.26. The van der Waals surface area contributed by atoms with Crippen LogP contribution in [0.3, 0.4) is 0 Å². The lowest BCUT2D eigenvalue weighted by Crippen LogP contribution is -2.52. The van der Waals surface area contributed by atoms with Gasteiger partial charge in [-0.25, -0.2) is 0 Å². The maximum absolute atomic E-state index is 12.8. The van der Waals surface area contributed by atoms with Gasteiger partial charge in [0.1, 0.15) is 11.5 Å². The number of likely N-dealkylation sites (tertiary alicyclic amines) is 2. The highest BCUT2D eigenvalue weighted by atomic mass is 19.4. The van der Waals surface area contributed by atoms with E-state index in [9.17, 15) is 22.8 Å². The Morgan fingerprint density at radius 2 is 1.47 bits per heavy atom. The standard InChI is InChI=1S/C28H34F3N3O4/c1-19(20-3-7-24(37-2)8-4-20)26(35)32-22-11-15-33(16-12-22)23-13-17-34(18-14-23)27(36)21-5-9-25(10-6-21)38-28(29,30)31/h3-10,19,22-23H,11-18H2,1-2H3,(H,32,35). The zero-order valence-electron chi connectivity index (χ0n) is 21.7. The van der Waals surface area contributed by atoms with Gasteiger partial charge in [-0.3, -0.25) is 9.59 Å². The summed E-state index contributed by atoms with van der Waals surface area (Å²) in [5.74, 6) is 0.0158. The summed E-state index contributed by atoms with van der Waals surface area (Å²) in [7, 11) is 1.61. The quantitative estimate of drug-likeness (QED) is 0.564. The zero-order valence-corrected chi connectivity index (χ0v) is 21.7. The molecular weight excluding hydrogens is 499 g/mol. The lowest BCUT2D eigenvalue weighted by atomic mass is 9.96. The van der Waals surface area contributed by atoms with Crippen LogP contribution < -0.4 is 14.8 Å². The maximum Gasteiger partial charge on any atom is 0.573 e. The number of amides is 2. The minimum absolute atomic E-state index is 0.0263. The molecule has 38 heavy (non-hydrogen) atoms. The van der Waals surface area contributed by atoms with E-state index in [4.69, 9.17) is 4.74 Å². The van der Waals surface area contributed by atoms with Crippen molar-refractivity contribution in [3.05, 3.63) is 59.7 Å². The average Bonchev–Trinajstić information content (AvgIpc) is 2.92. The van der Waals surface area contributed by atoms with E-state index < -0.39 is 6.36 Å². The number of piperidine rings is 2. The van der Waals surface area contributed by atoms with Crippen LogP contribution >= 0.6 is 0 Å². The van der Waals surface area contributed by atoms with E-state index in [1.54, 1.807) is 12.0 Å². The molecule has 2 aliphatic heterocycles. The van der Waals surface area contributed by atoms with E-state index >= 15 is 0 Å². The summed E-state index contributed by atoms with van der Waals surface area (Å²) in [6.07, 6.45) is -1.32. The van der Waals surface area contributed by atoms with Crippen molar-refractivity contribution in [3.63, 3.8) is 0 Å². The monoisotopic (exact) mass is 533 g/mol. The Morgan fingerprint density at radius 1 is 0.895 bits per heavy atom. The molecule has 2 aromatic carbocycles. The molecule has 10 heteroatoms. The molecule has 0 bridgehead atoms. The number of rotatable bonds is 7. The molecule has 1 unspecified atom stereocenters. The second-order valence-corrected chi connectivity index (χ2v) is 9.91. The van der Waals surface area contributed by atoms with E-state index in [0.29, 0.717) is 24.7 Å². The minimum Gasteiger partial charge on any atom is -0.497 e. The molecule has 0 radical (unpaired) electrons. The molecule has 0 aromatic heterocycles. The third-order valence-corrected chi connectivity index (χ3v) is 7.49. The van der Waals surface area contributed by atoms with E-state index in [1.807, 2.05) is 31.2 Å². The van der Waals surface area contributed by atoms with Crippen molar-refractivity contribution in [3.8, 4) is 11.5 Å². The lowest BCUT2D eigenvalue weighted by molar-refractivity contribution is -0.274. The second kappa shape index (κ2) is 12.1. The van der Waals surface area contributed by atoms with Crippen LogP contribution in [0.4, 0.5) is 13.2 Å². The molecule has 2 heterocycles. The Labute approximate surface area is 220 Å². The van der Waals surface area contributed by atoms with Gasteiger partial charge in [-0.2, -0.15) is 0 Å². The number of carbonyl (C=O) groups excluding carboxylic acids is 2. The van der Waals surface area contributed by atoms with Crippen molar-refractivity contribution in [1.29, 1.82) is 0 Å². The predicted molar refractivity (Wildman–Crippen MR) is 136 cm³/mol. The Balaban J connectivity index is 1.20. The molecule has 2 fully saturated rings. The summed E-state index contributed by atoms with van der Waals surface area (Å²) in [6.45, 7) is 4.88. The minimum atomic E-state index is -4.76. The van der Waals surface area contributed by atoms with Gasteiger partial charge in [0.2, 0.25) is 5.91 Å². The Bertz CT molecular complexity index is 1080. The molecule has 0 spiro atoms. The molecular formula is C28H34F3N3O4. The van der Waals surface area contributed by atoms with Gasteiger partial charge in [0.05, 0.1) is 13.0 Å². The first kappa shape index (κ1) is 27.8. The SMILES string of the molecule is COc1ccc(C(C)C(=O)NC2CCN(C3CCN(C(=O)c4ccc(OC(F)(F)F)cc4)CC3)CC2)cc1. The summed E-state index contributed by atoms with van der Waals surface area (Å²) in [5, 5.41) is 3.20. The first-order valence-corrected chi connectivity index (χ1v) is 13.0. The summed E-state index contributed by atoms with van der Waals surface area (Å²) in [4.78, 5) is 29.8. The summed E-state index contributed by atoms with van der Waals surface area (Å²) in [6, 6.07) is 13.1. The maximum atomic E-state index is 12.8. The van der Waals surface area contributed by atoms with Crippen LogP contribution in [-0.4, -0.2) is 73.3 Å². The molecule has 2 amide bonds. The number of hydrogen-bond donors (Lipinski definition) is 1. The first-order chi connectivity index (χ1) is 18.1. The van der Waals surface area contributed by atoms with Crippen molar-refractivity contribution in [1.82, 2.24) is 15.1 Å². The van der Waals surface area contributed by atoms with E-state index in [2.05, 4.69) is 15.0 Å². The third-order valence-electron chi connectivity index (χ3n) is 7.49. The van der Waals surface area contributed by atoms with Crippen LogP contribution in [0.5, 0.6) is 11.5 Å². The van der Waals surface area contributed by atoms with Crippen molar-refractivity contribution < 1.29 is 32.2 Å². The number of halogens is 3. The van der Waals surface area contributed by atoms with Crippen molar-refractivity contribution >= 4 is 11.8 Å². The average molecular weight is 534 g/mol. The highest BCUT2D eigenvalue weighted by Gasteiger charge is 2.32. The Kier molecular flexibility index (Phi) is 8.81. The normalized spacial score (nSPS) is 18.6. The Hall–Kier alpha value is -3.27. The number of hydrogen-bond acceptors (Lipinski definition) is 5. The van der Waals surface area contributed by atoms with Gasteiger partial charge in [-0.15, -0.1) is 13.2 Å². The second-order valence-electron chi connectivity index (χ2n) is 9.91. The number of nitrogens with one attached hydrogen (secondary N) is 1. The summed E-state index contributed by atoms with van der Waals surface area (Å²) >= 11 is 0. The molecule has 1 atom stereocenters. The van der Waals surface area contributed by atoms with Crippen LogP contribution in [0.1, 0.15) is 54.4 Å². The molecule has 4 rings (SSSR count). The van der Waals surface area contributed by atoms with Gasteiger partial charge in [0.25, 0.3) is 5.91 Å². The van der Waals surface area contributed by atoms with Crippen LogP contribution in [0, 0.1) is 0 Å². The summed E-state index contributed by atoms with van der Waals surface area (Å²) in [5.41, 5.74) is 1.30. The molecule has 2 aliphatic rings. The molecule has 2 saturated heterocycles. The van der Waals surface area contributed by atoms with Gasteiger partial charge < -0.3 is 24.6 Å². The first-order valence-electron chi connectivity index (χ1n) is 13.0. The number of methoxy groups -OCH3 is 1. The smallest absolute Gasteiger partial charge is 0.497 e. The topological polar surface area (TPSA) is 71.1 Å². The predicted octanol–water partition coefficient (Wildman–Crippen LogP) is 4.58. The van der Waals surface area contributed by atoms with Crippen LogP contribution in [0.15, 0.2) is 48.5 Å². The van der Waals surface area contributed by atoms with E-state index in [0.717, 1.165) is 62.2 Å². The van der Waals surface area contributed by atoms with Crippen LogP contribution in [0.2, 0.25) is 0 Å². The van der Waals surface area contributed by atoms with Gasteiger partial charge in [-0.05, 0) is 74.6 Å². The van der Waals surface area contributed by atoms with Gasteiger partial charge in [0.15, 0.2) is 0 Å². The summed E-state index contributed by atoms with van der Waals surface area (Å²) < 4.78 is 46.1. The van der Waals surface area contributed by atoms with Gasteiger partial charge >= 0.3 is 6.36 Å². The molecule has 0 aliphatic carbocycles. The number of benzene rings is 2. The van der Waals surface area contributed by atoms with Crippen LogP contribution in [0.25, 0.3) is 0 Å². The number of ether oxygens (including phenoxy) is 2.